The van der Waals surface area contributed by atoms with Crippen molar-refractivity contribution in [3.63, 3.8) is 0 Å². The van der Waals surface area contributed by atoms with Crippen LogP contribution < -0.4 is 15.4 Å². The molecule has 2 amide bonds. The maximum absolute atomic E-state index is 12.7. The van der Waals surface area contributed by atoms with Gasteiger partial charge in [-0.1, -0.05) is 12.1 Å². The fourth-order valence-corrected chi connectivity index (χ4v) is 3.28. The summed E-state index contributed by atoms with van der Waals surface area (Å²) in [6, 6.07) is 10.1. The predicted molar refractivity (Wildman–Crippen MR) is 110 cm³/mol. The number of nitrogens with one attached hydrogen (secondary N) is 2. The lowest BCUT2D eigenvalue weighted by atomic mass is 10.1. The molecule has 164 valence electrons. The molecule has 0 aliphatic carbocycles. The molecule has 0 atom stereocenters. The highest BCUT2D eigenvalue weighted by Crippen LogP contribution is 2.31. The molecule has 1 aromatic heterocycles. The summed E-state index contributed by atoms with van der Waals surface area (Å²) >= 11 is 0. The molecule has 0 fully saturated rings. The van der Waals surface area contributed by atoms with Gasteiger partial charge in [0, 0.05) is 24.7 Å². The smallest absolute Gasteiger partial charge is 0.405 e. The van der Waals surface area contributed by atoms with Gasteiger partial charge < -0.3 is 19.9 Å². The van der Waals surface area contributed by atoms with Gasteiger partial charge in [0.1, 0.15) is 18.1 Å². The minimum absolute atomic E-state index is 0.0194. The number of methoxy groups -OCH3 is 1. The van der Waals surface area contributed by atoms with Crippen molar-refractivity contribution in [1.82, 2.24) is 14.9 Å². The number of benzene rings is 2. The number of alkyl halides is 3. The SMILES string of the molecule is CCn1c(-c2cccc(OC)c2)nc2cc(NC(C)=O)cc(C(=O)NCC(F)(F)F)c21. The number of carbonyl (C=O) groups is 2. The summed E-state index contributed by atoms with van der Waals surface area (Å²) in [4.78, 5) is 28.8. The highest BCUT2D eigenvalue weighted by Gasteiger charge is 2.29. The number of imidazole rings is 1. The van der Waals surface area contributed by atoms with E-state index >= 15 is 0 Å². The maximum atomic E-state index is 12.7. The first-order valence-corrected chi connectivity index (χ1v) is 9.44. The lowest BCUT2D eigenvalue weighted by Crippen LogP contribution is -2.34. The monoisotopic (exact) mass is 434 g/mol. The van der Waals surface area contributed by atoms with E-state index in [0.717, 1.165) is 0 Å². The lowest BCUT2D eigenvalue weighted by molar-refractivity contribution is -0.123. The van der Waals surface area contributed by atoms with Crippen LogP contribution in [0.3, 0.4) is 0 Å². The molecule has 3 rings (SSSR count). The van der Waals surface area contributed by atoms with Crippen LogP contribution in [0.15, 0.2) is 36.4 Å². The van der Waals surface area contributed by atoms with E-state index < -0.39 is 18.6 Å². The van der Waals surface area contributed by atoms with Crippen LogP contribution in [0, 0.1) is 0 Å². The van der Waals surface area contributed by atoms with Crippen molar-refractivity contribution in [3.05, 3.63) is 42.0 Å². The molecule has 0 aliphatic rings. The topological polar surface area (TPSA) is 85.2 Å². The van der Waals surface area contributed by atoms with E-state index in [9.17, 15) is 22.8 Å². The molecular formula is C21H21F3N4O3. The molecule has 7 nitrogen and oxygen atoms in total. The minimum Gasteiger partial charge on any atom is -0.497 e. The van der Waals surface area contributed by atoms with E-state index in [2.05, 4.69) is 10.3 Å². The molecule has 0 unspecified atom stereocenters. The van der Waals surface area contributed by atoms with Crippen LogP contribution in [-0.4, -0.2) is 41.2 Å². The van der Waals surface area contributed by atoms with Gasteiger partial charge in [-0.3, -0.25) is 9.59 Å². The molecule has 10 heteroatoms. The van der Waals surface area contributed by atoms with Crippen molar-refractivity contribution in [3.8, 4) is 17.1 Å². The van der Waals surface area contributed by atoms with Gasteiger partial charge in [-0.25, -0.2) is 4.98 Å². The zero-order valence-electron chi connectivity index (χ0n) is 17.1. The quantitative estimate of drug-likeness (QED) is 0.615. The van der Waals surface area contributed by atoms with Gasteiger partial charge in [0.05, 0.1) is 23.7 Å². The number of fused-ring (bicyclic) bond motifs is 1. The van der Waals surface area contributed by atoms with Crippen molar-refractivity contribution >= 4 is 28.5 Å². The number of amides is 2. The number of carbonyl (C=O) groups excluding carboxylic acids is 2. The van der Waals surface area contributed by atoms with Gasteiger partial charge in [-0.2, -0.15) is 13.2 Å². The molecule has 0 bridgehead atoms. The summed E-state index contributed by atoms with van der Waals surface area (Å²) in [5, 5.41) is 4.45. The average molecular weight is 434 g/mol. The maximum Gasteiger partial charge on any atom is 0.405 e. The van der Waals surface area contributed by atoms with Crippen molar-refractivity contribution in [2.45, 2.75) is 26.6 Å². The number of hydrogen-bond acceptors (Lipinski definition) is 4. The van der Waals surface area contributed by atoms with E-state index in [1.165, 1.54) is 20.1 Å². The summed E-state index contributed by atoms with van der Waals surface area (Å²) in [5.41, 5.74) is 1.68. The third-order valence-corrected chi connectivity index (χ3v) is 4.50. The molecule has 1 heterocycles. The summed E-state index contributed by atoms with van der Waals surface area (Å²) < 4.78 is 44.9. The zero-order valence-corrected chi connectivity index (χ0v) is 17.1. The number of nitrogens with zero attached hydrogens (tertiary/aromatic N) is 2. The van der Waals surface area contributed by atoms with E-state index in [1.807, 2.05) is 18.3 Å². The second kappa shape index (κ2) is 8.66. The number of aromatic nitrogens is 2. The van der Waals surface area contributed by atoms with Gasteiger partial charge in [0.2, 0.25) is 5.91 Å². The number of ether oxygens (including phenoxy) is 1. The van der Waals surface area contributed by atoms with Crippen LogP contribution in [0.2, 0.25) is 0 Å². The Morgan fingerprint density at radius 3 is 2.55 bits per heavy atom. The first kappa shape index (κ1) is 22.1. The predicted octanol–water partition coefficient (Wildman–Crippen LogP) is 3.98. The molecule has 2 N–H and O–H groups in total. The summed E-state index contributed by atoms with van der Waals surface area (Å²) in [6.07, 6.45) is -4.55. The minimum atomic E-state index is -4.55. The van der Waals surface area contributed by atoms with Crippen molar-refractivity contribution in [1.29, 1.82) is 0 Å². The molecule has 0 saturated carbocycles. The Bertz CT molecular complexity index is 1140. The number of halogens is 3. The lowest BCUT2D eigenvalue weighted by Gasteiger charge is -2.13. The molecule has 0 saturated heterocycles. The van der Waals surface area contributed by atoms with E-state index in [0.29, 0.717) is 34.7 Å². The van der Waals surface area contributed by atoms with Crippen molar-refractivity contribution < 1.29 is 27.5 Å². The number of anilines is 1. The van der Waals surface area contributed by atoms with Gasteiger partial charge in [-0.05, 0) is 31.2 Å². The number of rotatable bonds is 6. The van der Waals surface area contributed by atoms with Gasteiger partial charge in [0.15, 0.2) is 0 Å². The Labute approximate surface area is 176 Å². The molecule has 2 aromatic carbocycles. The summed E-state index contributed by atoms with van der Waals surface area (Å²) in [5.74, 6) is -0.180. The Morgan fingerprint density at radius 2 is 1.94 bits per heavy atom. The molecule has 31 heavy (non-hydrogen) atoms. The van der Waals surface area contributed by atoms with Crippen LogP contribution in [0.1, 0.15) is 24.2 Å². The molecule has 0 radical (unpaired) electrons. The first-order valence-electron chi connectivity index (χ1n) is 9.44. The Hall–Kier alpha value is -3.56. The Balaban J connectivity index is 2.21. The van der Waals surface area contributed by atoms with E-state index in [4.69, 9.17) is 4.74 Å². The fraction of sp³-hybridized carbons (Fsp3) is 0.286. The number of aryl methyl sites for hydroxylation is 1. The van der Waals surface area contributed by atoms with Crippen LogP contribution >= 0.6 is 0 Å². The summed E-state index contributed by atoms with van der Waals surface area (Å²) in [6.45, 7) is 2.06. The zero-order chi connectivity index (χ0) is 22.8. The largest absolute Gasteiger partial charge is 0.497 e. The molecule has 3 aromatic rings. The fourth-order valence-electron chi connectivity index (χ4n) is 3.28. The molecule has 0 aliphatic heterocycles. The van der Waals surface area contributed by atoms with Crippen LogP contribution in [-0.2, 0) is 11.3 Å². The van der Waals surface area contributed by atoms with Crippen molar-refractivity contribution in [2.24, 2.45) is 0 Å². The van der Waals surface area contributed by atoms with Gasteiger partial charge in [-0.15, -0.1) is 0 Å². The first-order chi connectivity index (χ1) is 14.6. The average Bonchev–Trinajstić information content (AvgIpc) is 3.09. The van der Waals surface area contributed by atoms with Gasteiger partial charge in [0.25, 0.3) is 5.91 Å². The second-order valence-corrected chi connectivity index (χ2v) is 6.78. The Kier molecular flexibility index (Phi) is 6.19. The van der Waals surface area contributed by atoms with E-state index in [-0.39, 0.29) is 17.2 Å². The van der Waals surface area contributed by atoms with E-state index in [1.54, 1.807) is 28.8 Å². The van der Waals surface area contributed by atoms with Gasteiger partial charge >= 0.3 is 6.18 Å². The Morgan fingerprint density at radius 1 is 1.19 bits per heavy atom. The third-order valence-electron chi connectivity index (χ3n) is 4.50. The van der Waals surface area contributed by atoms with Crippen LogP contribution in [0.25, 0.3) is 22.4 Å². The normalized spacial score (nSPS) is 11.4. The highest BCUT2D eigenvalue weighted by molar-refractivity contribution is 6.08. The standard InChI is InChI=1S/C21H21F3N4O3/c1-4-28-18-16(20(30)25-11-21(22,23)24)9-14(26-12(2)29)10-17(18)27-19(28)13-6-5-7-15(8-13)31-3/h5-10H,4,11H2,1-3H3,(H,25,30)(H,26,29). The molecule has 0 spiro atoms. The van der Waals surface area contributed by atoms with Crippen molar-refractivity contribution in [2.75, 3.05) is 19.0 Å². The number of hydrogen-bond donors (Lipinski definition) is 2. The second-order valence-electron chi connectivity index (χ2n) is 6.78. The third kappa shape index (κ3) is 4.96. The van der Waals surface area contributed by atoms with Crippen LogP contribution in [0.5, 0.6) is 5.75 Å². The van der Waals surface area contributed by atoms with Crippen LogP contribution in [0.4, 0.5) is 18.9 Å². The summed E-state index contributed by atoms with van der Waals surface area (Å²) in [7, 11) is 1.53. The highest BCUT2D eigenvalue weighted by atomic mass is 19.4. The molecular weight excluding hydrogens is 413 g/mol.